The summed E-state index contributed by atoms with van der Waals surface area (Å²) in [6.45, 7) is 0. The van der Waals surface area contributed by atoms with Crippen LogP contribution >= 0.6 is 0 Å². The van der Waals surface area contributed by atoms with E-state index in [4.69, 9.17) is 5.73 Å². The van der Waals surface area contributed by atoms with Gasteiger partial charge in [0.1, 0.15) is 0 Å². The molecule has 16 heavy (non-hydrogen) atoms. The third-order valence-electron chi connectivity index (χ3n) is 3.25. The molecule has 1 nitrogen and oxygen atoms in total. The van der Waals surface area contributed by atoms with Crippen LogP contribution in [-0.2, 0) is 6.42 Å². The maximum Gasteiger partial charge on any atom is 0.0117 e. The van der Waals surface area contributed by atoms with E-state index in [1.807, 2.05) is 0 Å². The van der Waals surface area contributed by atoms with Crippen molar-refractivity contribution in [3.63, 3.8) is 0 Å². The van der Waals surface area contributed by atoms with E-state index in [0.717, 1.165) is 12.8 Å². The molecule has 0 heterocycles. The molecule has 0 amide bonds. The monoisotopic (exact) mass is 215 g/mol. The molecule has 0 spiro atoms. The second kappa shape index (κ2) is 5.86. The molecule has 0 saturated heterocycles. The predicted octanol–water partition coefficient (Wildman–Crippen LogP) is 3.45. The van der Waals surface area contributed by atoms with Gasteiger partial charge in [-0.2, -0.15) is 0 Å². The Morgan fingerprint density at radius 3 is 2.56 bits per heavy atom. The second-order valence-corrected chi connectivity index (χ2v) is 4.76. The van der Waals surface area contributed by atoms with Crippen LogP contribution in [0, 0.1) is 0 Å². The molecule has 0 radical (unpaired) electrons. The van der Waals surface area contributed by atoms with Gasteiger partial charge in [-0.1, -0.05) is 42.0 Å². The molecule has 1 aromatic rings. The van der Waals surface area contributed by atoms with Gasteiger partial charge in [-0.15, -0.1) is 0 Å². The number of hydrogen-bond donors (Lipinski definition) is 1. The first-order valence-corrected chi connectivity index (χ1v) is 6.32. The maximum atomic E-state index is 6.20. The first-order chi connectivity index (χ1) is 7.84. The first-order valence-electron chi connectivity index (χ1n) is 6.32. The molecule has 1 aliphatic rings. The lowest BCUT2D eigenvalue weighted by molar-refractivity contribution is 0.606. The normalized spacial score (nSPS) is 17.9. The van der Waals surface area contributed by atoms with Crippen molar-refractivity contribution in [3.05, 3.63) is 47.5 Å². The Hall–Kier alpha value is -1.08. The lowest BCUT2D eigenvalue weighted by atomic mass is 9.92. The molecule has 1 aliphatic carbocycles. The van der Waals surface area contributed by atoms with Crippen molar-refractivity contribution < 1.29 is 0 Å². The summed E-state index contributed by atoms with van der Waals surface area (Å²) in [6, 6.07) is 10.8. The molecule has 2 N–H and O–H groups in total. The van der Waals surface area contributed by atoms with Gasteiger partial charge in [0, 0.05) is 6.04 Å². The highest BCUT2D eigenvalue weighted by Gasteiger charge is 2.09. The van der Waals surface area contributed by atoms with Crippen molar-refractivity contribution in [2.75, 3.05) is 0 Å². The molecule has 2 rings (SSSR count). The van der Waals surface area contributed by atoms with Gasteiger partial charge in [-0.05, 0) is 44.1 Å². The van der Waals surface area contributed by atoms with Crippen LogP contribution < -0.4 is 5.73 Å². The molecule has 0 fully saturated rings. The fourth-order valence-electron chi connectivity index (χ4n) is 2.42. The summed E-state index contributed by atoms with van der Waals surface area (Å²) in [4.78, 5) is 0. The molecule has 86 valence electrons. The summed E-state index contributed by atoms with van der Waals surface area (Å²) in [6.07, 6.45) is 9.71. The van der Waals surface area contributed by atoms with Gasteiger partial charge in [-0.3, -0.25) is 0 Å². The van der Waals surface area contributed by atoms with Crippen molar-refractivity contribution in [1.29, 1.82) is 0 Å². The smallest absolute Gasteiger partial charge is 0.0117 e. The van der Waals surface area contributed by atoms with Gasteiger partial charge in [-0.25, -0.2) is 0 Å². The van der Waals surface area contributed by atoms with E-state index in [1.165, 1.54) is 31.2 Å². The Morgan fingerprint density at radius 1 is 1.06 bits per heavy atom. The topological polar surface area (TPSA) is 26.0 Å². The SMILES string of the molecule is NC(CC1=CCCCC1)Cc1ccccc1. The van der Waals surface area contributed by atoms with Crippen LogP contribution in [0.15, 0.2) is 42.0 Å². The summed E-state index contributed by atoms with van der Waals surface area (Å²) >= 11 is 0. The summed E-state index contributed by atoms with van der Waals surface area (Å²) in [5, 5.41) is 0. The number of hydrogen-bond acceptors (Lipinski definition) is 1. The zero-order chi connectivity index (χ0) is 11.2. The van der Waals surface area contributed by atoms with Crippen LogP contribution in [0.4, 0.5) is 0 Å². The van der Waals surface area contributed by atoms with E-state index < -0.39 is 0 Å². The molecule has 0 bridgehead atoms. The molecule has 0 aliphatic heterocycles. The van der Waals surface area contributed by atoms with Crippen LogP contribution in [0.25, 0.3) is 0 Å². The molecule has 1 atom stereocenters. The van der Waals surface area contributed by atoms with Crippen LogP contribution in [0.5, 0.6) is 0 Å². The van der Waals surface area contributed by atoms with Crippen LogP contribution in [-0.4, -0.2) is 6.04 Å². The molecule has 1 unspecified atom stereocenters. The average Bonchev–Trinajstić information content (AvgIpc) is 2.31. The van der Waals surface area contributed by atoms with E-state index in [1.54, 1.807) is 5.57 Å². The van der Waals surface area contributed by atoms with Crippen molar-refractivity contribution in [3.8, 4) is 0 Å². The second-order valence-electron chi connectivity index (χ2n) is 4.76. The zero-order valence-electron chi connectivity index (χ0n) is 9.86. The van der Waals surface area contributed by atoms with Crippen LogP contribution in [0.2, 0.25) is 0 Å². The van der Waals surface area contributed by atoms with Gasteiger partial charge in [0.05, 0.1) is 0 Å². The summed E-state index contributed by atoms with van der Waals surface area (Å²) in [5.41, 5.74) is 9.13. The van der Waals surface area contributed by atoms with Crippen molar-refractivity contribution >= 4 is 0 Å². The Labute approximate surface area is 98.4 Å². The van der Waals surface area contributed by atoms with E-state index in [2.05, 4.69) is 36.4 Å². The minimum atomic E-state index is 0.284. The van der Waals surface area contributed by atoms with Gasteiger partial charge in [0.15, 0.2) is 0 Å². The molecule has 0 saturated carbocycles. The van der Waals surface area contributed by atoms with Crippen LogP contribution in [0.3, 0.4) is 0 Å². The van der Waals surface area contributed by atoms with Crippen molar-refractivity contribution in [2.45, 2.75) is 44.6 Å². The average molecular weight is 215 g/mol. The highest BCUT2D eigenvalue weighted by molar-refractivity contribution is 5.17. The zero-order valence-corrected chi connectivity index (χ0v) is 9.86. The third kappa shape index (κ3) is 3.49. The molecule has 0 aromatic heterocycles. The van der Waals surface area contributed by atoms with Gasteiger partial charge in [0.2, 0.25) is 0 Å². The molecule has 1 aromatic carbocycles. The highest BCUT2D eigenvalue weighted by atomic mass is 14.6. The quantitative estimate of drug-likeness (QED) is 0.765. The van der Waals surface area contributed by atoms with E-state index >= 15 is 0 Å². The maximum absolute atomic E-state index is 6.20. The fraction of sp³-hybridized carbons (Fsp3) is 0.467. The Kier molecular flexibility index (Phi) is 4.17. The standard InChI is InChI=1S/C15H21N/c16-15(11-13-7-3-1-4-8-13)12-14-9-5-2-6-10-14/h1,3-4,7-9,15H,2,5-6,10-12,16H2. The first kappa shape index (κ1) is 11.4. The lowest BCUT2D eigenvalue weighted by Gasteiger charge is -2.17. The molecular weight excluding hydrogens is 194 g/mol. The fourth-order valence-corrected chi connectivity index (χ4v) is 2.42. The molecule has 1 heteroatoms. The minimum absolute atomic E-state index is 0.284. The number of benzene rings is 1. The highest BCUT2D eigenvalue weighted by Crippen LogP contribution is 2.21. The van der Waals surface area contributed by atoms with Crippen molar-refractivity contribution in [1.82, 2.24) is 0 Å². The Morgan fingerprint density at radius 2 is 1.88 bits per heavy atom. The van der Waals surface area contributed by atoms with Crippen LogP contribution in [0.1, 0.15) is 37.7 Å². The Balaban J connectivity index is 1.84. The van der Waals surface area contributed by atoms with Crippen molar-refractivity contribution in [2.24, 2.45) is 5.73 Å². The van der Waals surface area contributed by atoms with E-state index in [0.29, 0.717) is 0 Å². The summed E-state index contributed by atoms with van der Waals surface area (Å²) < 4.78 is 0. The summed E-state index contributed by atoms with van der Waals surface area (Å²) in [7, 11) is 0. The van der Waals surface area contributed by atoms with E-state index in [9.17, 15) is 0 Å². The largest absolute Gasteiger partial charge is 0.327 e. The van der Waals surface area contributed by atoms with Gasteiger partial charge >= 0.3 is 0 Å². The summed E-state index contributed by atoms with van der Waals surface area (Å²) in [5.74, 6) is 0. The minimum Gasteiger partial charge on any atom is -0.327 e. The molecular formula is C15H21N. The predicted molar refractivity (Wildman–Crippen MR) is 69.3 cm³/mol. The lowest BCUT2D eigenvalue weighted by Crippen LogP contribution is -2.23. The van der Waals surface area contributed by atoms with Gasteiger partial charge in [0.25, 0.3) is 0 Å². The third-order valence-corrected chi connectivity index (χ3v) is 3.25. The number of rotatable bonds is 4. The van der Waals surface area contributed by atoms with E-state index in [-0.39, 0.29) is 6.04 Å². The Bertz CT molecular complexity index is 340. The number of nitrogens with two attached hydrogens (primary N) is 1. The number of allylic oxidation sites excluding steroid dienone is 1. The van der Waals surface area contributed by atoms with Gasteiger partial charge < -0.3 is 5.73 Å².